The van der Waals surface area contributed by atoms with Crippen molar-refractivity contribution < 1.29 is 44.8 Å². The first-order valence-electron chi connectivity index (χ1n) is 13.1. The smallest absolute Gasteiger partial charge is 0.186 e. The number of ether oxygens (including phenoxy) is 3. The van der Waals surface area contributed by atoms with Crippen LogP contribution in [-0.4, -0.2) is 148 Å². The number of nitrogens with two attached hydrogens (primary N) is 6. The quantitative estimate of drug-likeness (QED) is 0.0861. The van der Waals surface area contributed by atoms with E-state index in [0.29, 0.717) is 0 Å². The topological polar surface area (TPSA) is 330 Å². The zero-order valence-electron chi connectivity index (χ0n) is 21.7. The molecule has 3 rings (SSSR count). The summed E-state index contributed by atoms with van der Waals surface area (Å²) < 4.78 is 17.7. The van der Waals surface area contributed by atoms with Gasteiger partial charge in [-0.25, -0.2) is 4.99 Å². The molecule has 228 valence electrons. The van der Waals surface area contributed by atoms with Crippen molar-refractivity contribution in [2.75, 3.05) is 26.2 Å². The normalized spacial score (nSPS) is 46.0. The minimum absolute atomic E-state index is 0.00375. The lowest BCUT2D eigenvalue weighted by atomic mass is 9.72. The molecule has 3 fully saturated rings. The summed E-state index contributed by atoms with van der Waals surface area (Å²) in [6, 6.07) is -3.33. The van der Waals surface area contributed by atoms with Gasteiger partial charge in [-0.15, -0.1) is 0 Å². The number of aliphatic imine (C=N–C) groups is 1. The molecule has 19 N–H and O–H groups in total. The average Bonchev–Trinajstić information content (AvgIpc) is 2.89. The Morgan fingerprint density at radius 3 is 2.28 bits per heavy atom. The Balaban J connectivity index is 1.92. The van der Waals surface area contributed by atoms with Crippen molar-refractivity contribution in [3.8, 4) is 0 Å². The van der Waals surface area contributed by atoms with Gasteiger partial charge in [-0.2, -0.15) is 0 Å². The van der Waals surface area contributed by atoms with Gasteiger partial charge in [0.1, 0.15) is 24.4 Å². The van der Waals surface area contributed by atoms with E-state index in [0.717, 1.165) is 0 Å². The number of nitrogens with zero attached hydrogens (tertiary/aromatic N) is 1. The van der Waals surface area contributed by atoms with Crippen molar-refractivity contribution in [1.29, 1.82) is 0 Å². The molecule has 1 aliphatic carbocycles. The fourth-order valence-electron chi connectivity index (χ4n) is 5.66. The minimum Gasteiger partial charge on any atom is -0.394 e. The molecule has 2 heterocycles. The standard InChI is InChI=1S/C22H46N8O9/c23-3-7(32)5-29-9-1-8(25)14(19-10(30-22(27)28)2-11(33)12(4-24)37-19)17(35)20(9)39-21-18(36)15(26)16(34)13(6-31)38-21/h7-21,29,31-36H,1-6,23-26H2,(H4,27,28,30)/t7?,8-,9+,10+,11-,12+,13+,14?,15-,16+,17-,18+,19-,20-,21+/m0/s1. The monoisotopic (exact) mass is 566 g/mol. The molecule has 15 atom stereocenters. The number of hydrogen-bond donors (Lipinski definition) is 13. The SMILES string of the molecule is NCC(O)CN[C@@H]1C[C@H](N)C([C@H]2O[C@H](CN)[C@@H](O)C[C@H]2N=C(N)N)[C@H](O)[C@H]1O[C@H]1O[C@H](CO)[C@@H](O)[C@H](N)[C@H]1O. The van der Waals surface area contributed by atoms with Gasteiger partial charge in [-0.3, -0.25) is 0 Å². The van der Waals surface area contributed by atoms with Crippen LogP contribution >= 0.6 is 0 Å². The van der Waals surface area contributed by atoms with E-state index in [-0.39, 0.29) is 38.4 Å². The second-order valence-corrected chi connectivity index (χ2v) is 10.6. The van der Waals surface area contributed by atoms with Crippen LogP contribution in [0.25, 0.3) is 0 Å². The third kappa shape index (κ3) is 7.32. The molecule has 2 saturated heterocycles. The summed E-state index contributed by atoms with van der Waals surface area (Å²) in [5.74, 6) is -1.08. The molecule has 1 saturated carbocycles. The summed E-state index contributed by atoms with van der Waals surface area (Å²) in [7, 11) is 0. The molecule has 39 heavy (non-hydrogen) atoms. The van der Waals surface area contributed by atoms with Crippen molar-refractivity contribution in [3.05, 3.63) is 0 Å². The summed E-state index contributed by atoms with van der Waals surface area (Å²) in [4.78, 5) is 4.20. The molecule has 0 amide bonds. The van der Waals surface area contributed by atoms with Gasteiger partial charge in [0, 0.05) is 44.1 Å². The second-order valence-electron chi connectivity index (χ2n) is 10.6. The van der Waals surface area contributed by atoms with Crippen LogP contribution in [0.5, 0.6) is 0 Å². The maximum Gasteiger partial charge on any atom is 0.186 e. The molecule has 0 aromatic rings. The summed E-state index contributed by atoms with van der Waals surface area (Å²) >= 11 is 0. The zero-order chi connectivity index (χ0) is 29.0. The van der Waals surface area contributed by atoms with Gasteiger partial charge < -0.3 is 84.6 Å². The lowest BCUT2D eigenvalue weighted by molar-refractivity contribution is -0.307. The molecule has 0 aromatic heterocycles. The van der Waals surface area contributed by atoms with Crippen molar-refractivity contribution in [2.45, 2.75) is 98.2 Å². The number of aliphatic hydroxyl groups is 6. The maximum absolute atomic E-state index is 11.7. The predicted octanol–water partition coefficient (Wildman–Crippen LogP) is -7.76. The minimum atomic E-state index is -1.50. The van der Waals surface area contributed by atoms with Crippen LogP contribution in [0.4, 0.5) is 0 Å². The summed E-state index contributed by atoms with van der Waals surface area (Å²) in [6.45, 7) is -0.562. The van der Waals surface area contributed by atoms with E-state index >= 15 is 0 Å². The van der Waals surface area contributed by atoms with Crippen LogP contribution in [-0.2, 0) is 14.2 Å². The highest BCUT2D eigenvalue weighted by molar-refractivity contribution is 5.75. The highest BCUT2D eigenvalue weighted by atomic mass is 16.7. The molecule has 17 heteroatoms. The van der Waals surface area contributed by atoms with Crippen LogP contribution < -0.4 is 39.7 Å². The summed E-state index contributed by atoms with van der Waals surface area (Å²) in [5, 5.41) is 65.7. The lowest BCUT2D eigenvalue weighted by Crippen LogP contribution is -2.69. The molecular formula is C22H46N8O9. The molecule has 0 bridgehead atoms. The van der Waals surface area contributed by atoms with Crippen LogP contribution in [0.3, 0.4) is 0 Å². The Morgan fingerprint density at radius 1 is 1.00 bits per heavy atom. The van der Waals surface area contributed by atoms with Gasteiger partial charge in [0.25, 0.3) is 0 Å². The Morgan fingerprint density at radius 2 is 1.69 bits per heavy atom. The van der Waals surface area contributed by atoms with E-state index in [9.17, 15) is 30.6 Å². The van der Waals surface area contributed by atoms with Gasteiger partial charge in [0.2, 0.25) is 0 Å². The highest BCUT2D eigenvalue weighted by Crippen LogP contribution is 2.38. The Hall–Kier alpha value is -1.29. The van der Waals surface area contributed by atoms with E-state index in [1.807, 2.05) is 0 Å². The van der Waals surface area contributed by atoms with Crippen molar-refractivity contribution in [2.24, 2.45) is 45.3 Å². The first-order valence-corrected chi connectivity index (χ1v) is 13.1. The van der Waals surface area contributed by atoms with E-state index in [1.54, 1.807) is 0 Å². The van der Waals surface area contributed by atoms with Gasteiger partial charge in [0.15, 0.2) is 12.2 Å². The molecule has 0 radical (unpaired) electrons. The molecule has 3 aliphatic rings. The number of rotatable bonds is 10. The molecular weight excluding hydrogens is 520 g/mol. The number of aliphatic hydroxyl groups excluding tert-OH is 6. The van der Waals surface area contributed by atoms with E-state index in [2.05, 4.69) is 10.3 Å². The second kappa shape index (κ2) is 14.1. The number of guanidine groups is 1. The fourth-order valence-corrected chi connectivity index (χ4v) is 5.66. The zero-order valence-corrected chi connectivity index (χ0v) is 21.7. The van der Waals surface area contributed by atoms with Crippen molar-refractivity contribution >= 4 is 5.96 Å². The third-order valence-corrected chi connectivity index (χ3v) is 7.81. The molecule has 0 aromatic carbocycles. The van der Waals surface area contributed by atoms with Gasteiger partial charge in [-0.1, -0.05) is 0 Å². The van der Waals surface area contributed by atoms with Gasteiger partial charge >= 0.3 is 0 Å². The van der Waals surface area contributed by atoms with Crippen LogP contribution in [0.2, 0.25) is 0 Å². The summed E-state index contributed by atoms with van der Waals surface area (Å²) in [6.07, 6.45) is -11.1. The van der Waals surface area contributed by atoms with Crippen LogP contribution in [0.1, 0.15) is 12.8 Å². The molecule has 0 spiro atoms. The fraction of sp³-hybridized carbons (Fsp3) is 0.955. The largest absolute Gasteiger partial charge is 0.394 e. The van der Waals surface area contributed by atoms with Crippen molar-refractivity contribution in [3.63, 3.8) is 0 Å². The molecule has 17 nitrogen and oxygen atoms in total. The summed E-state index contributed by atoms with van der Waals surface area (Å²) in [5.41, 5.74) is 35.1. The maximum atomic E-state index is 11.7. The van der Waals surface area contributed by atoms with Crippen LogP contribution in [0, 0.1) is 5.92 Å². The Kier molecular flexibility index (Phi) is 11.6. The van der Waals surface area contributed by atoms with Crippen molar-refractivity contribution in [1.82, 2.24) is 5.32 Å². The third-order valence-electron chi connectivity index (χ3n) is 7.81. The van der Waals surface area contributed by atoms with Crippen LogP contribution in [0.15, 0.2) is 4.99 Å². The van der Waals surface area contributed by atoms with Gasteiger partial charge in [-0.05, 0) is 6.42 Å². The van der Waals surface area contributed by atoms with Gasteiger partial charge in [0.05, 0.1) is 49.2 Å². The van der Waals surface area contributed by atoms with E-state index < -0.39 is 97.9 Å². The Bertz CT molecular complexity index is 797. The first kappa shape index (κ1) is 32.2. The molecule has 2 aliphatic heterocycles. The van der Waals surface area contributed by atoms with E-state index in [4.69, 9.17) is 48.6 Å². The molecule has 2 unspecified atom stereocenters. The number of nitrogens with one attached hydrogen (secondary N) is 1. The first-order chi connectivity index (χ1) is 18.4. The van der Waals surface area contributed by atoms with E-state index in [1.165, 1.54) is 0 Å². The Labute approximate surface area is 226 Å². The predicted molar refractivity (Wildman–Crippen MR) is 137 cm³/mol. The lowest BCUT2D eigenvalue weighted by Gasteiger charge is -2.51. The average molecular weight is 567 g/mol. The highest BCUT2D eigenvalue weighted by Gasteiger charge is 2.53. The number of hydrogen-bond acceptors (Lipinski definition) is 15.